The number of rotatable bonds is 4. The number of aryl methyl sites for hydroxylation is 2. The smallest absolute Gasteiger partial charge is 0.312 e. The number of nitrogens with one attached hydrogen (secondary N) is 1. The van der Waals surface area contributed by atoms with Crippen LogP contribution in [-0.2, 0) is 11.3 Å². The van der Waals surface area contributed by atoms with Crippen LogP contribution in [0.5, 0.6) is 0 Å². The number of aromatic nitrogens is 2. The van der Waals surface area contributed by atoms with Crippen LogP contribution in [0.25, 0.3) is 0 Å². The molecule has 1 aromatic heterocycles. The topological polar surface area (TPSA) is 93.3 Å². The minimum absolute atomic E-state index is 0. The molecular formula is C15H24ClN5O3. The van der Waals surface area contributed by atoms with E-state index in [9.17, 15) is 14.9 Å². The van der Waals surface area contributed by atoms with Gasteiger partial charge < -0.3 is 10.2 Å². The highest BCUT2D eigenvalue weighted by Gasteiger charge is 2.31. The molecule has 9 heteroatoms. The van der Waals surface area contributed by atoms with E-state index in [0.29, 0.717) is 36.4 Å². The van der Waals surface area contributed by atoms with Crippen molar-refractivity contribution >= 4 is 24.0 Å². The third kappa shape index (κ3) is 3.70. The second kappa shape index (κ2) is 7.48. The Kier molecular flexibility index (Phi) is 5.82. The maximum absolute atomic E-state index is 12.5. The summed E-state index contributed by atoms with van der Waals surface area (Å²) in [7, 11) is 0. The number of hydrogen-bond acceptors (Lipinski definition) is 5. The average Bonchev–Trinajstić information content (AvgIpc) is 2.95. The van der Waals surface area contributed by atoms with Crippen LogP contribution in [0.3, 0.4) is 0 Å². The van der Waals surface area contributed by atoms with Crippen LogP contribution in [0.15, 0.2) is 0 Å². The van der Waals surface area contributed by atoms with E-state index in [0.717, 1.165) is 25.9 Å². The molecule has 2 aliphatic rings. The van der Waals surface area contributed by atoms with Gasteiger partial charge in [0.05, 0.1) is 11.5 Å². The molecule has 2 atom stereocenters. The Bertz CT molecular complexity index is 633. The van der Waals surface area contributed by atoms with Crippen LogP contribution in [0.4, 0.5) is 5.69 Å². The van der Waals surface area contributed by atoms with E-state index < -0.39 is 4.92 Å². The molecule has 2 saturated heterocycles. The first-order chi connectivity index (χ1) is 11.0. The number of halogens is 1. The lowest BCUT2D eigenvalue weighted by Crippen LogP contribution is -2.39. The monoisotopic (exact) mass is 357 g/mol. The molecule has 1 N–H and O–H groups in total. The highest BCUT2D eigenvalue weighted by atomic mass is 35.5. The zero-order valence-electron chi connectivity index (χ0n) is 14.0. The summed E-state index contributed by atoms with van der Waals surface area (Å²) < 4.78 is 1.58. The Morgan fingerprint density at radius 2 is 2.04 bits per heavy atom. The van der Waals surface area contributed by atoms with Crippen molar-refractivity contribution < 1.29 is 9.72 Å². The van der Waals surface area contributed by atoms with Crippen molar-refractivity contribution in [3.8, 4) is 0 Å². The van der Waals surface area contributed by atoms with Gasteiger partial charge in [-0.3, -0.25) is 19.6 Å². The van der Waals surface area contributed by atoms with Crippen molar-refractivity contribution in [1.29, 1.82) is 0 Å². The summed E-state index contributed by atoms with van der Waals surface area (Å²) in [5.74, 6) is 0.106. The first kappa shape index (κ1) is 18.7. The SMILES string of the molecule is Cc1nn(CCC(=O)N2CCC3CCC(C2)N3)c(C)c1[N+](=O)[O-].Cl. The zero-order valence-corrected chi connectivity index (χ0v) is 14.8. The highest BCUT2D eigenvalue weighted by Crippen LogP contribution is 2.23. The number of fused-ring (bicyclic) bond motifs is 2. The van der Waals surface area contributed by atoms with Crippen LogP contribution in [0, 0.1) is 24.0 Å². The minimum Gasteiger partial charge on any atom is -0.341 e. The lowest BCUT2D eigenvalue weighted by atomic mass is 10.1. The van der Waals surface area contributed by atoms with Gasteiger partial charge in [-0.2, -0.15) is 5.10 Å². The second-order valence-electron chi connectivity index (χ2n) is 6.52. The number of nitro groups is 1. The van der Waals surface area contributed by atoms with Crippen LogP contribution in [-0.4, -0.2) is 50.7 Å². The van der Waals surface area contributed by atoms with Crippen molar-refractivity contribution in [1.82, 2.24) is 20.0 Å². The molecule has 0 aromatic carbocycles. The van der Waals surface area contributed by atoms with Gasteiger partial charge in [-0.1, -0.05) is 0 Å². The number of nitrogens with zero attached hydrogens (tertiary/aromatic N) is 4. The highest BCUT2D eigenvalue weighted by molar-refractivity contribution is 5.85. The summed E-state index contributed by atoms with van der Waals surface area (Å²) in [6, 6.07) is 0.970. The maximum Gasteiger partial charge on any atom is 0.312 e. The van der Waals surface area contributed by atoms with Crippen LogP contribution in [0.2, 0.25) is 0 Å². The number of carbonyl (C=O) groups excluding carboxylic acids is 1. The number of likely N-dealkylation sites (tertiary alicyclic amines) is 1. The molecule has 134 valence electrons. The Labute approximate surface area is 147 Å². The second-order valence-corrected chi connectivity index (χ2v) is 6.52. The molecule has 0 saturated carbocycles. The van der Waals surface area contributed by atoms with Gasteiger partial charge in [0.15, 0.2) is 0 Å². The first-order valence-electron chi connectivity index (χ1n) is 8.18. The molecule has 2 fully saturated rings. The molecule has 2 unspecified atom stereocenters. The lowest BCUT2D eigenvalue weighted by molar-refractivity contribution is -0.386. The molecule has 2 bridgehead atoms. The van der Waals surface area contributed by atoms with Gasteiger partial charge in [0, 0.05) is 31.6 Å². The quantitative estimate of drug-likeness (QED) is 0.652. The van der Waals surface area contributed by atoms with Gasteiger partial charge in [-0.25, -0.2) is 0 Å². The van der Waals surface area contributed by atoms with E-state index in [4.69, 9.17) is 0 Å². The third-order valence-electron chi connectivity index (χ3n) is 4.94. The summed E-state index contributed by atoms with van der Waals surface area (Å²) in [6.45, 7) is 5.26. The molecule has 8 nitrogen and oxygen atoms in total. The fourth-order valence-corrected chi connectivity index (χ4v) is 3.70. The van der Waals surface area contributed by atoms with E-state index in [-0.39, 0.29) is 24.0 Å². The predicted molar refractivity (Wildman–Crippen MR) is 91.4 cm³/mol. The fourth-order valence-electron chi connectivity index (χ4n) is 3.70. The van der Waals surface area contributed by atoms with Crippen molar-refractivity contribution in [2.75, 3.05) is 13.1 Å². The van der Waals surface area contributed by atoms with Crippen molar-refractivity contribution in [3.05, 3.63) is 21.5 Å². The molecular weight excluding hydrogens is 334 g/mol. The van der Waals surface area contributed by atoms with E-state index in [1.807, 2.05) is 4.90 Å². The van der Waals surface area contributed by atoms with E-state index in [2.05, 4.69) is 10.4 Å². The average molecular weight is 358 g/mol. The fraction of sp³-hybridized carbons (Fsp3) is 0.733. The van der Waals surface area contributed by atoms with Crippen molar-refractivity contribution in [2.45, 2.75) is 58.2 Å². The zero-order chi connectivity index (χ0) is 16.6. The van der Waals surface area contributed by atoms with E-state index in [1.165, 1.54) is 6.42 Å². The molecule has 1 aromatic rings. The molecule has 2 aliphatic heterocycles. The molecule has 1 amide bonds. The minimum atomic E-state index is -0.410. The van der Waals surface area contributed by atoms with Gasteiger partial charge in [-0.05, 0) is 33.1 Å². The standard InChI is InChI=1S/C15H23N5O3.ClH/c1-10-15(20(22)23)11(2)19(17-10)8-6-14(21)18-7-5-12-3-4-13(9-18)16-12;/h12-13,16H,3-9H2,1-2H3;1H. The van der Waals surface area contributed by atoms with Gasteiger partial charge in [0.25, 0.3) is 0 Å². The number of amides is 1. The summed E-state index contributed by atoms with van der Waals surface area (Å²) in [6.07, 6.45) is 3.68. The summed E-state index contributed by atoms with van der Waals surface area (Å²) in [4.78, 5) is 25.0. The Hall–Kier alpha value is -1.67. The first-order valence-corrected chi connectivity index (χ1v) is 8.18. The number of hydrogen-bond donors (Lipinski definition) is 1. The molecule has 0 aliphatic carbocycles. The molecule has 3 rings (SSSR count). The Balaban J connectivity index is 0.00000208. The summed E-state index contributed by atoms with van der Waals surface area (Å²) >= 11 is 0. The maximum atomic E-state index is 12.5. The van der Waals surface area contributed by atoms with E-state index >= 15 is 0 Å². The molecule has 0 radical (unpaired) electrons. The Morgan fingerprint density at radius 1 is 1.33 bits per heavy atom. The normalized spacial score (nSPS) is 22.8. The Morgan fingerprint density at radius 3 is 2.71 bits per heavy atom. The molecule has 3 heterocycles. The van der Waals surface area contributed by atoms with Crippen LogP contribution in [0.1, 0.15) is 37.1 Å². The molecule has 0 spiro atoms. The molecule has 24 heavy (non-hydrogen) atoms. The van der Waals surface area contributed by atoms with Gasteiger partial charge in [-0.15, -0.1) is 12.4 Å². The lowest BCUT2D eigenvalue weighted by Gasteiger charge is -2.24. The van der Waals surface area contributed by atoms with Crippen LogP contribution < -0.4 is 5.32 Å². The number of carbonyl (C=O) groups is 1. The largest absolute Gasteiger partial charge is 0.341 e. The van der Waals surface area contributed by atoms with Crippen molar-refractivity contribution in [3.63, 3.8) is 0 Å². The van der Waals surface area contributed by atoms with Gasteiger partial charge in [0.2, 0.25) is 5.91 Å². The van der Waals surface area contributed by atoms with E-state index in [1.54, 1.807) is 18.5 Å². The predicted octanol–water partition coefficient (Wildman–Crippen LogP) is 1.57. The van der Waals surface area contributed by atoms with Crippen molar-refractivity contribution in [2.24, 2.45) is 0 Å². The summed E-state index contributed by atoms with van der Waals surface area (Å²) in [5, 5.41) is 18.8. The third-order valence-corrected chi connectivity index (χ3v) is 4.94. The van der Waals surface area contributed by atoms with Gasteiger partial charge in [0.1, 0.15) is 11.4 Å². The van der Waals surface area contributed by atoms with Crippen LogP contribution >= 0.6 is 12.4 Å². The van der Waals surface area contributed by atoms with Gasteiger partial charge >= 0.3 is 5.69 Å². The summed E-state index contributed by atoms with van der Waals surface area (Å²) in [5.41, 5.74) is 0.960.